The molecule has 0 N–H and O–H groups in total. The van der Waals surface area contributed by atoms with Gasteiger partial charge in [-0.15, -0.1) is 0 Å². The predicted molar refractivity (Wildman–Crippen MR) is 227 cm³/mol. The number of quaternary nitrogens is 1. The maximum absolute atomic E-state index is 12.7. The van der Waals surface area contributed by atoms with Crippen LogP contribution in [0.1, 0.15) is 226 Å². The Kier molecular flexibility index (Phi) is 37.8. The van der Waals surface area contributed by atoms with Crippen LogP contribution >= 0.6 is 7.82 Å². The highest BCUT2D eigenvalue weighted by molar-refractivity contribution is 7.45. The molecular weight excluding hydrogens is 713 g/mol. The minimum Gasteiger partial charge on any atom is -0.756 e. The number of carbonyl (C=O) groups excluding carboxylic acids is 2. The lowest BCUT2D eigenvalue weighted by Gasteiger charge is -2.28. The van der Waals surface area contributed by atoms with E-state index in [1.807, 2.05) is 21.1 Å². The zero-order valence-corrected chi connectivity index (χ0v) is 37.8. The van der Waals surface area contributed by atoms with Crippen LogP contribution in [0.3, 0.4) is 0 Å². The number of ether oxygens (including phenoxy) is 2. The largest absolute Gasteiger partial charge is 0.756 e. The highest BCUT2D eigenvalue weighted by Crippen LogP contribution is 2.38. The summed E-state index contributed by atoms with van der Waals surface area (Å²) in [6, 6.07) is 0. The Hall–Kier alpha value is -0.990. The van der Waals surface area contributed by atoms with Crippen LogP contribution in [-0.4, -0.2) is 70.0 Å². The molecule has 0 aromatic heterocycles. The van der Waals surface area contributed by atoms with Gasteiger partial charge in [0.05, 0.1) is 27.7 Å². The van der Waals surface area contributed by atoms with Gasteiger partial charge in [0.1, 0.15) is 19.8 Å². The van der Waals surface area contributed by atoms with E-state index in [4.69, 9.17) is 18.5 Å². The molecule has 0 spiro atoms. The lowest BCUT2D eigenvalue weighted by molar-refractivity contribution is -0.870. The Morgan fingerprint density at radius 3 is 1.16 bits per heavy atom. The average Bonchev–Trinajstić information content (AvgIpc) is 3.13. The number of nitrogens with zero attached hydrogens (tertiary/aromatic N) is 1. The third-order valence-electron chi connectivity index (χ3n) is 10.4. The lowest BCUT2D eigenvalue weighted by Crippen LogP contribution is -2.37. The van der Waals surface area contributed by atoms with Crippen molar-refractivity contribution in [2.24, 2.45) is 0 Å². The third kappa shape index (κ3) is 42.4. The van der Waals surface area contributed by atoms with E-state index in [1.165, 1.54) is 161 Å². The topological polar surface area (TPSA) is 111 Å². The Bertz CT molecular complexity index is 912. The van der Waals surface area contributed by atoms with Crippen LogP contribution in [0.2, 0.25) is 0 Å². The Balaban J connectivity index is 4.28. The zero-order valence-electron chi connectivity index (χ0n) is 36.9. The van der Waals surface area contributed by atoms with Crippen molar-refractivity contribution in [3.8, 4) is 0 Å². The summed E-state index contributed by atoms with van der Waals surface area (Å²) in [5, 5.41) is 0. The standard InChI is InChI=1S/C45H90NO8P/c1-6-8-10-12-14-16-18-20-22-23-24-26-28-30-32-34-36-38-45(48)54-43(42-53-55(49,50)52-40-39-46(3,4)5)41-51-44(47)37-35-33-31-29-27-25-21-19-17-15-13-11-9-7-2/h43H,6-42H2,1-5H3/t43-/m1/s1. The first kappa shape index (κ1) is 54.0. The molecule has 0 saturated carbocycles. The molecule has 0 aliphatic rings. The van der Waals surface area contributed by atoms with E-state index >= 15 is 0 Å². The quantitative estimate of drug-likeness (QED) is 0.0259. The predicted octanol–water partition coefficient (Wildman–Crippen LogP) is 12.6. The van der Waals surface area contributed by atoms with Crippen LogP contribution in [0.25, 0.3) is 0 Å². The van der Waals surface area contributed by atoms with Crippen molar-refractivity contribution in [2.75, 3.05) is 47.5 Å². The summed E-state index contributed by atoms with van der Waals surface area (Å²) >= 11 is 0. The van der Waals surface area contributed by atoms with Gasteiger partial charge in [0.25, 0.3) is 7.82 Å². The van der Waals surface area contributed by atoms with E-state index in [1.54, 1.807) is 0 Å². The van der Waals surface area contributed by atoms with E-state index in [0.717, 1.165) is 32.1 Å². The van der Waals surface area contributed by atoms with Crippen LogP contribution in [0, 0.1) is 0 Å². The molecule has 0 rings (SSSR count). The van der Waals surface area contributed by atoms with Crippen molar-refractivity contribution in [1.29, 1.82) is 0 Å². The fraction of sp³-hybridized carbons (Fsp3) is 0.956. The number of phosphoric acid groups is 1. The number of unbranched alkanes of at least 4 members (excludes halogenated alkanes) is 29. The van der Waals surface area contributed by atoms with Crippen LogP contribution in [0.15, 0.2) is 0 Å². The van der Waals surface area contributed by atoms with Gasteiger partial charge >= 0.3 is 11.9 Å². The molecule has 0 amide bonds. The van der Waals surface area contributed by atoms with Crippen LogP contribution < -0.4 is 4.89 Å². The van der Waals surface area contributed by atoms with Gasteiger partial charge in [-0.2, -0.15) is 0 Å². The molecule has 0 saturated heterocycles. The van der Waals surface area contributed by atoms with Gasteiger partial charge in [0, 0.05) is 12.8 Å². The minimum absolute atomic E-state index is 0.0256. The maximum Gasteiger partial charge on any atom is 0.306 e. The fourth-order valence-electron chi connectivity index (χ4n) is 6.72. The summed E-state index contributed by atoms with van der Waals surface area (Å²) in [5.41, 5.74) is 0. The van der Waals surface area contributed by atoms with Crippen LogP contribution in [0.5, 0.6) is 0 Å². The number of hydrogen-bond acceptors (Lipinski definition) is 8. The molecule has 328 valence electrons. The smallest absolute Gasteiger partial charge is 0.306 e. The van der Waals surface area contributed by atoms with Crippen molar-refractivity contribution in [1.82, 2.24) is 0 Å². The Morgan fingerprint density at radius 2 is 0.818 bits per heavy atom. The minimum atomic E-state index is -4.62. The van der Waals surface area contributed by atoms with Crippen molar-refractivity contribution in [2.45, 2.75) is 232 Å². The molecule has 10 heteroatoms. The molecule has 0 bridgehead atoms. The summed E-state index contributed by atoms with van der Waals surface area (Å²) in [4.78, 5) is 37.6. The second kappa shape index (κ2) is 38.5. The molecule has 2 atom stereocenters. The molecule has 0 radical (unpaired) electrons. The van der Waals surface area contributed by atoms with Crippen molar-refractivity contribution >= 4 is 19.8 Å². The first-order valence-electron chi connectivity index (χ1n) is 23.2. The van der Waals surface area contributed by atoms with Gasteiger partial charge in [-0.05, 0) is 12.8 Å². The maximum atomic E-state index is 12.7. The van der Waals surface area contributed by atoms with Gasteiger partial charge in [-0.3, -0.25) is 14.2 Å². The molecule has 0 aliphatic carbocycles. The number of carbonyl (C=O) groups is 2. The SMILES string of the molecule is CCCCCCCCCCCCCCCCCCCC(=O)O[C@H](COC(=O)CCCCCCCCCCCCCCCC)COP(=O)([O-])OCC[N+](C)(C)C. The van der Waals surface area contributed by atoms with E-state index < -0.39 is 26.5 Å². The molecular formula is C45H90NO8P. The summed E-state index contributed by atoms with van der Waals surface area (Å²) in [7, 11) is 1.18. The molecule has 0 aromatic carbocycles. The number of phosphoric ester groups is 1. The Labute approximate surface area is 340 Å². The van der Waals surface area contributed by atoms with Crippen LogP contribution in [0.4, 0.5) is 0 Å². The third-order valence-corrected chi connectivity index (χ3v) is 11.3. The summed E-state index contributed by atoms with van der Waals surface area (Å²) in [6.45, 7) is 4.27. The van der Waals surface area contributed by atoms with E-state index in [9.17, 15) is 19.0 Å². The highest BCUT2D eigenvalue weighted by Gasteiger charge is 2.21. The van der Waals surface area contributed by atoms with Gasteiger partial charge in [0.2, 0.25) is 0 Å². The number of esters is 2. The highest BCUT2D eigenvalue weighted by atomic mass is 31.2. The molecule has 0 aliphatic heterocycles. The van der Waals surface area contributed by atoms with Crippen molar-refractivity contribution in [3.05, 3.63) is 0 Å². The molecule has 0 aromatic rings. The first-order chi connectivity index (χ1) is 26.5. The average molecular weight is 804 g/mol. The monoisotopic (exact) mass is 804 g/mol. The zero-order chi connectivity index (χ0) is 40.7. The van der Waals surface area contributed by atoms with Crippen molar-refractivity contribution < 1.29 is 42.1 Å². The molecule has 9 nitrogen and oxygen atoms in total. The number of hydrogen-bond donors (Lipinski definition) is 0. The Morgan fingerprint density at radius 1 is 0.491 bits per heavy atom. The van der Waals surface area contributed by atoms with E-state index in [-0.39, 0.29) is 32.0 Å². The summed E-state index contributed by atoms with van der Waals surface area (Å²) in [6.07, 6.45) is 38.3. The summed E-state index contributed by atoms with van der Waals surface area (Å²) < 4.78 is 34.0. The second-order valence-corrected chi connectivity index (χ2v) is 18.5. The number of likely N-dealkylation sites (N-methyl/N-ethyl adjacent to an activating group) is 1. The second-order valence-electron chi connectivity index (χ2n) is 17.1. The van der Waals surface area contributed by atoms with E-state index in [0.29, 0.717) is 17.4 Å². The van der Waals surface area contributed by atoms with E-state index in [2.05, 4.69) is 13.8 Å². The van der Waals surface area contributed by atoms with Gasteiger partial charge < -0.3 is 27.9 Å². The molecule has 0 heterocycles. The van der Waals surface area contributed by atoms with Gasteiger partial charge in [0.15, 0.2) is 6.10 Å². The van der Waals surface area contributed by atoms with Crippen LogP contribution in [-0.2, 0) is 32.7 Å². The van der Waals surface area contributed by atoms with Gasteiger partial charge in [-0.25, -0.2) is 0 Å². The van der Waals surface area contributed by atoms with Crippen molar-refractivity contribution in [3.63, 3.8) is 0 Å². The fourth-order valence-corrected chi connectivity index (χ4v) is 7.44. The van der Waals surface area contributed by atoms with Gasteiger partial charge in [-0.1, -0.05) is 200 Å². The summed E-state index contributed by atoms with van der Waals surface area (Å²) in [5.74, 6) is -0.818. The lowest BCUT2D eigenvalue weighted by atomic mass is 10.0. The molecule has 1 unspecified atom stereocenters. The molecule has 0 fully saturated rings. The first-order valence-corrected chi connectivity index (χ1v) is 24.7. The number of rotatable bonds is 43. The normalized spacial score (nSPS) is 13.5. The molecule has 55 heavy (non-hydrogen) atoms.